The Hall–Kier alpha value is -2.24. The molecule has 0 atom stereocenters. The smallest absolute Gasteiger partial charge is 0.319 e. The van der Waals surface area contributed by atoms with Gasteiger partial charge in [-0.1, -0.05) is 12.1 Å². The van der Waals surface area contributed by atoms with Gasteiger partial charge >= 0.3 is 12.0 Å². The molecule has 0 aromatic heterocycles. The van der Waals surface area contributed by atoms with Crippen LogP contribution in [0.1, 0.15) is 46.5 Å². The highest BCUT2D eigenvalue weighted by atomic mass is 16.5. The number of ether oxygens (including phenoxy) is 1. The van der Waals surface area contributed by atoms with Gasteiger partial charge in [-0.15, -0.1) is 0 Å². The average Bonchev–Trinajstić information content (AvgIpc) is 2.48. The monoisotopic (exact) mass is 334 g/mol. The van der Waals surface area contributed by atoms with Crippen LogP contribution >= 0.6 is 0 Å². The van der Waals surface area contributed by atoms with Crippen molar-refractivity contribution in [2.24, 2.45) is 5.92 Å². The Morgan fingerprint density at radius 3 is 2.33 bits per heavy atom. The molecule has 0 aliphatic heterocycles. The third kappa shape index (κ3) is 5.44. The Balaban J connectivity index is 1.90. The molecule has 1 aromatic rings. The van der Waals surface area contributed by atoms with Crippen molar-refractivity contribution < 1.29 is 19.4 Å². The minimum absolute atomic E-state index is 0.0105. The molecule has 132 valence electrons. The average molecular weight is 334 g/mol. The van der Waals surface area contributed by atoms with Crippen LogP contribution in [0, 0.1) is 5.92 Å². The zero-order valence-corrected chi connectivity index (χ0v) is 14.5. The quantitative estimate of drug-likeness (QED) is 0.784. The Kier molecular flexibility index (Phi) is 5.70. The molecule has 1 aliphatic carbocycles. The molecule has 0 radical (unpaired) electrons. The maximum Gasteiger partial charge on any atom is 0.319 e. The summed E-state index contributed by atoms with van der Waals surface area (Å²) in [4.78, 5) is 23.2. The lowest BCUT2D eigenvalue weighted by Crippen LogP contribution is -2.41. The number of benzene rings is 1. The molecule has 6 nitrogen and oxygen atoms in total. The molecule has 2 rings (SSSR count). The molecule has 0 saturated heterocycles. The third-order valence-corrected chi connectivity index (χ3v) is 3.96. The van der Waals surface area contributed by atoms with E-state index in [2.05, 4.69) is 10.6 Å². The molecule has 0 heterocycles. The summed E-state index contributed by atoms with van der Waals surface area (Å²) in [5.74, 6) is -0.409. The number of aliphatic carboxylic acids is 1. The predicted molar refractivity (Wildman–Crippen MR) is 92.4 cm³/mol. The fourth-order valence-corrected chi connectivity index (χ4v) is 2.82. The Morgan fingerprint density at radius 1 is 1.12 bits per heavy atom. The number of para-hydroxylation sites is 2. The molecule has 3 N–H and O–H groups in total. The van der Waals surface area contributed by atoms with E-state index in [4.69, 9.17) is 9.84 Å². The van der Waals surface area contributed by atoms with Crippen LogP contribution in [0.3, 0.4) is 0 Å². The number of anilines is 1. The summed E-state index contributed by atoms with van der Waals surface area (Å²) < 4.78 is 5.86. The van der Waals surface area contributed by atoms with Gasteiger partial charge in [0, 0.05) is 6.04 Å². The van der Waals surface area contributed by atoms with Crippen LogP contribution < -0.4 is 15.4 Å². The number of urea groups is 1. The fraction of sp³-hybridized carbons (Fsp3) is 0.556. The van der Waals surface area contributed by atoms with Gasteiger partial charge in [0.2, 0.25) is 0 Å². The maximum absolute atomic E-state index is 12.2. The van der Waals surface area contributed by atoms with Crippen LogP contribution in [0.15, 0.2) is 24.3 Å². The molecule has 1 saturated carbocycles. The molecule has 6 heteroatoms. The van der Waals surface area contributed by atoms with Crippen molar-refractivity contribution in [1.29, 1.82) is 0 Å². The minimum Gasteiger partial charge on any atom is -0.486 e. The first kappa shape index (κ1) is 18.1. The zero-order valence-electron chi connectivity index (χ0n) is 14.5. The molecule has 0 unspecified atom stereocenters. The molecule has 0 spiro atoms. The van der Waals surface area contributed by atoms with E-state index in [0.717, 1.165) is 0 Å². The van der Waals surface area contributed by atoms with Gasteiger partial charge in [-0.25, -0.2) is 4.79 Å². The number of carboxylic acids is 1. The lowest BCUT2D eigenvalue weighted by Gasteiger charge is -2.27. The molecule has 2 amide bonds. The fourth-order valence-electron chi connectivity index (χ4n) is 2.82. The summed E-state index contributed by atoms with van der Waals surface area (Å²) in [5, 5.41) is 14.8. The number of hydrogen-bond donors (Lipinski definition) is 3. The van der Waals surface area contributed by atoms with Gasteiger partial charge in [0.25, 0.3) is 0 Å². The van der Waals surface area contributed by atoms with Gasteiger partial charge in [0.1, 0.15) is 11.4 Å². The summed E-state index contributed by atoms with van der Waals surface area (Å²) in [6, 6.07) is 7.02. The number of rotatable bonds is 4. The van der Waals surface area contributed by atoms with Gasteiger partial charge in [-0.3, -0.25) is 4.79 Å². The van der Waals surface area contributed by atoms with E-state index in [-0.39, 0.29) is 23.6 Å². The van der Waals surface area contributed by atoms with Crippen LogP contribution in [0.2, 0.25) is 0 Å². The molecule has 1 aromatic carbocycles. The second-order valence-electron chi connectivity index (χ2n) is 7.20. The normalized spacial score (nSPS) is 21.0. The second-order valence-corrected chi connectivity index (χ2v) is 7.20. The lowest BCUT2D eigenvalue weighted by molar-refractivity contribution is -0.142. The largest absolute Gasteiger partial charge is 0.486 e. The minimum atomic E-state index is -0.744. The molecule has 1 fully saturated rings. The van der Waals surface area contributed by atoms with E-state index in [0.29, 0.717) is 37.1 Å². The summed E-state index contributed by atoms with van der Waals surface area (Å²) in [5.41, 5.74) is 0.257. The number of amides is 2. The highest BCUT2D eigenvalue weighted by molar-refractivity contribution is 5.91. The topological polar surface area (TPSA) is 87.7 Å². The predicted octanol–water partition coefficient (Wildman–Crippen LogP) is 3.63. The number of carbonyl (C=O) groups excluding carboxylic acids is 1. The van der Waals surface area contributed by atoms with Gasteiger partial charge in [0.15, 0.2) is 0 Å². The molecular weight excluding hydrogens is 308 g/mol. The second kappa shape index (κ2) is 7.55. The number of hydrogen-bond acceptors (Lipinski definition) is 3. The summed E-state index contributed by atoms with van der Waals surface area (Å²) >= 11 is 0. The lowest BCUT2D eigenvalue weighted by atomic mass is 9.86. The van der Waals surface area contributed by atoms with Gasteiger partial charge < -0.3 is 20.5 Å². The van der Waals surface area contributed by atoms with E-state index in [9.17, 15) is 9.59 Å². The van der Waals surface area contributed by atoms with Crippen LogP contribution in [0.5, 0.6) is 5.75 Å². The maximum atomic E-state index is 12.2. The molecule has 0 bridgehead atoms. The van der Waals surface area contributed by atoms with Gasteiger partial charge in [-0.05, 0) is 58.6 Å². The van der Waals surface area contributed by atoms with Crippen molar-refractivity contribution in [3.05, 3.63) is 24.3 Å². The van der Waals surface area contributed by atoms with Gasteiger partial charge in [0.05, 0.1) is 11.6 Å². The zero-order chi connectivity index (χ0) is 17.7. The summed E-state index contributed by atoms with van der Waals surface area (Å²) in [6.45, 7) is 5.85. The number of carbonyl (C=O) groups is 2. The highest BCUT2D eigenvalue weighted by Crippen LogP contribution is 2.28. The van der Waals surface area contributed by atoms with E-state index in [1.807, 2.05) is 39.0 Å². The SMILES string of the molecule is CC(C)(C)Oc1ccccc1NC(=O)NC1CCC(C(=O)O)CC1. The van der Waals surface area contributed by atoms with E-state index < -0.39 is 5.97 Å². The van der Waals surface area contributed by atoms with Gasteiger partial charge in [-0.2, -0.15) is 0 Å². The van der Waals surface area contributed by atoms with Crippen molar-refractivity contribution in [1.82, 2.24) is 5.32 Å². The molecule has 24 heavy (non-hydrogen) atoms. The summed E-state index contributed by atoms with van der Waals surface area (Å²) in [6.07, 6.45) is 2.57. The van der Waals surface area contributed by atoms with E-state index >= 15 is 0 Å². The first-order valence-electron chi connectivity index (χ1n) is 8.33. The van der Waals surface area contributed by atoms with Crippen molar-refractivity contribution in [3.8, 4) is 5.75 Å². The van der Waals surface area contributed by atoms with Crippen molar-refractivity contribution >= 4 is 17.7 Å². The van der Waals surface area contributed by atoms with Crippen molar-refractivity contribution in [2.75, 3.05) is 5.32 Å². The van der Waals surface area contributed by atoms with Crippen molar-refractivity contribution in [2.45, 2.75) is 58.1 Å². The first-order chi connectivity index (χ1) is 11.2. The standard InChI is InChI=1S/C18H26N2O4/c1-18(2,3)24-15-7-5-4-6-14(15)20-17(23)19-13-10-8-12(9-11-13)16(21)22/h4-7,12-13H,8-11H2,1-3H3,(H,21,22)(H2,19,20,23). The number of carboxylic acid groups (broad SMARTS) is 1. The Labute approximate surface area is 142 Å². The van der Waals surface area contributed by atoms with E-state index in [1.165, 1.54) is 0 Å². The van der Waals surface area contributed by atoms with Crippen LogP contribution in [0.25, 0.3) is 0 Å². The van der Waals surface area contributed by atoms with Crippen molar-refractivity contribution in [3.63, 3.8) is 0 Å². The highest BCUT2D eigenvalue weighted by Gasteiger charge is 2.26. The first-order valence-corrected chi connectivity index (χ1v) is 8.33. The number of nitrogens with one attached hydrogen (secondary N) is 2. The third-order valence-electron chi connectivity index (χ3n) is 3.96. The Morgan fingerprint density at radius 2 is 1.75 bits per heavy atom. The van der Waals surface area contributed by atoms with Crippen LogP contribution in [-0.2, 0) is 4.79 Å². The Bertz CT molecular complexity index is 587. The molecular formula is C18H26N2O4. The molecule has 1 aliphatic rings. The summed E-state index contributed by atoms with van der Waals surface area (Å²) in [7, 11) is 0. The van der Waals surface area contributed by atoms with Crippen LogP contribution in [-0.4, -0.2) is 28.7 Å². The van der Waals surface area contributed by atoms with E-state index in [1.54, 1.807) is 6.07 Å². The van der Waals surface area contributed by atoms with Crippen LogP contribution in [0.4, 0.5) is 10.5 Å².